The lowest BCUT2D eigenvalue weighted by Crippen LogP contribution is -2.29. The van der Waals surface area contributed by atoms with Crippen LogP contribution in [0.25, 0.3) is 0 Å². The highest BCUT2D eigenvalue weighted by Crippen LogP contribution is 2.42. The van der Waals surface area contributed by atoms with Gasteiger partial charge in [-0.05, 0) is 31.2 Å². The van der Waals surface area contributed by atoms with Crippen LogP contribution in [0.3, 0.4) is 0 Å². The third kappa shape index (κ3) is 2.55. The van der Waals surface area contributed by atoms with Gasteiger partial charge >= 0.3 is 6.18 Å². The summed E-state index contributed by atoms with van der Waals surface area (Å²) in [4.78, 5) is 0. The van der Waals surface area contributed by atoms with Crippen molar-refractivity contribution < 1.29 is 18.3 Å². The number of aliphatic hydroxyl groups excluding tert-OH is 1. The molecule has 0 radical (unpaired) electrons. The second kappa shape index (κ2) is 4.02. The summed E-state index contributed by atoms with van der Waals surface area (Å²) >= 11 is 0. The number of rotatable bonds is 1. The molecule has 0 bridgehead atoms. The van der Waals surface area contributed by atoms with E-state index in [0.29, 0.717) is 29.8 Å². The van der Waals surface area contributed by atoms with Crippen molar-refractivity contribution in [2.45, 2.75) is 52.4 Å². The largest absolute Gasteiger partial charge is 0.406 e. The Balaban J connectivity index is 2.45. The van der Waals surface area contributed by atoms with Gasteiger partial charge in [0.15, 0.2) is 0 Å². The number of hydrogen-bond donors (Lipinski definition) is 1. The molecule has 0 saturated heterocycles. The van der Waals surface area contributed by atoms with Gasteiger partial charge in [-0.25, -0.2) is 0 Å². The highest BCUT2D eigenvalue weighted by molar-refractivity contribution is 5.33. The van der Waals surface area contributed by atoms with Gasteiger partial charge in [-0.15, -0.1) is 0 Å². The van der Waals surface area contributed by atoms with E-state index in [1.165, 1.54) is 4.57 Å². The van der Waals surface area contributed by atoms with E-state index in [1.54, 1.807) is 13.0 Å². The molecule has 0 aromatic carbocycles. The van der Waals surface area contributed by atoms with Crippen molar-refractivity contribution in [1.29, 1.82) is 0 Å². The Bertz CT molecular complexity index is 460. The molecule has 0 amide bonds. The van der Waals surface area contributed by atoms with Crippen LogP contribution in [0.5, 0.6) is 0 Å². The van der Waals surface area contributed by atoms with Crippen molar-refractivity contribution in [3.63, 3.8) is 0 Å². The summed E-state index contributed by atoms with van der Waals surface area (Å²) in [6.07, 6.45) is -3.72. The molecule has 102 valence electrons. The monoisotopic (exact) mass is 261 g/mol. The summed E-state index contributed by atoms with van der Waals surface area (Å²) in [7, 11) is 0. The van der Waals surface area contributed by atoms with E-state index in [2.05, 4.69) is 0 Å². The average Bonchev–Trinajstić information content (AvgIpc) is 2.41. The molecule has 0 fully saturated rings. The Morgan fingerprint density at radius 1 is 1.44 bits per heavy atom. The van der Waals surface area contributed by atoms with Crippen molar-refractivity contribution >= 4 is 0 Å². The second-order valence-corrected chi connectivity index (χ2v) is 5.95. The predicted octanol–water partition coefficient (Wildman–Crippen LogP) is 3.36. The average molecular weight is 261 g/mol. The summed E-state index contributed by atoms with van der Waals surface area (Å²) in [5.41, 5.74) is 1.69. The van der Waals surface area contributed by atoms with Crippen LogP contribution in [0.2, 0.25) is 0 Å². The van der Waals surface area contributed by atoms with E-state index in [1.807, 2.05) is 13.8 Å². The number of aryl methyl sites for hydroxylation is 1. The van der Waals surface area contributed by atoms with Crippen molar-refractivity contribution in [3.8, 4) is 0 Å². The Labute approximate surface area is 104 Å². The molecule has 2 rings (SSSR count). The van der Waals surface area contributed by atoms with Crippen molar-refractivity contribution in [2.24, 2.45) is 5.41 Å². The van der Waals surface area contributed by atoms with Gasteiger partial charge < -0.3 is 9.67 Å². The van der Waals surface area contributed by atoms with Gasteiger partial charge in [0.25, 0.3) is 0 Å². The first-order chi connectivity index (χ1) is 8.09. The van der Waals surface area contributed by atoms with E-state index in [0.717, 1.165) is 0 Å². The van der Waals surface area contributed by atoms with E-state index in [-0.39, 0.29) is 5.41 Å². The first-order valence-electron chi connectivity index (χ1n) is 6.03. The fourth-order valence-corrected chi connectivity index (χ4v) is 2.80. The topological polar surface area (TPSA) is 25.2 Å². The van der Waals surface area contributed by atoms with Crippen LogP contribution in [-0.4, -0.2) is 15.8 Å². The minimum atomic E-state index is -4.23. The van der Waals surface area contributed by atoms with Crippen LogP contribution in [0.15, 0.2) is 6.07 Å². The molecule has 5 heteroatoms. The Hall–Kier alpha value is -0.970. The molecule has 1 aromatic heterocycles. The predicted molar refractivity (Wildman–Crippen MR) is 62.3 cm³/mol. The molecule has 0 spiro atoms. The SMILES string of the molecule is Cc1cc2c(n1CC(F)(F)F)CC(C)(C)CC2O. The maximum atomic E-state index is 12.6. The third-order valence-corrected chi connectivity index (χ3v) is 3.54. The lowest BCUT2D eigenvalue weighted by molar-refractivity contribution is -0.141. The Kier molecular flexibility index (Phi) is 3.00. The van der Waals surface area contributed by atoms with Crippen LogP contribution in [0.1, 0.15) is 43.3 Å². The Morgan fingerprint density at radius 2 is 2.06 bits per heavy atom. The molecule has 1 unspecified atom stereocenters. The van der Waals surface area contributed by atoms with Crippen LogP contribution >= 0.6 is 0 Å². The quantitative estimate of drug-likeness (QED) is 0.823. The van der Waals surface area contributed by atoms with E-state index < -0.39 is 18.8 Å². The first-order valence-corrected chi connectivity index (χ1v) is 6.03. The third-order valence-electron chi connectivity index (χ3n) is 3.54. The molecule has 1 N–H and O–H groups in total. The van der Waals surface area contributed by atoms with Crippen LogP contribution in [0, 0.1) is 12.3 Å². The molecule has 1 aliphatic carbocycles. The van der Waals surface area contributed by atoms with Gasteiger partial charge in [0, 0.05) is 17.0 Å². The summed E-state index contributed by atoms with van der Waals surface area (Å²) in [6, 6.07) is 1.68. The molecular formula is C13H18F3NO. The van der Waals surface area contributed by atoms with Gasteiger partial charge in [0.05, 0.1) is 6.10 Å². The summed E-state index contributed by atoms with van der Waals surface area (Å²) in [6.45, 7) is 4.62. The maximum Gasteiger partial charge on any atom is 0.406 e. The lowest BCUT2D eigenvalue weighted by atomic mass is 9.75. The minimum Gasteiger partial charge on any atom is -0.388 e. The maximum absolute atomic E-state index is 12.6. The molecule has 1 heterocycles. The van der Waals surface area contributed by atoms with Crippen molar-refractivity contribution in [2.75, 3.05) is 0 Å². The number of alkyl halides is 3. The zero-order chi connectivity index (χ0) is 13.7. The van der Waals surface area contributed by atoms with E-state index >= 15 is 0 Å². The Morgan fingerprint density at radius 3 is 2.61 bits per heavy atom. The number of aliphatic hydroxyl groups is 1. The number of fused-ring (bicyclic) bond motifs is 1. The number of aromatic nitrogens is 1. The minimum absolute atomic E-state index is 0.166. The molecule has 0 saturated carbocycles. The molecule has 1 aliphatic rings. The van der Waals surface area contributed by atoms with Crippen molar-refractivity contribution in [3.05, 3.63) is 23.0 Å². The molecule has 2 nitrogen and oxygen atoms in total. The van der Waals surface area contributed by atoms with Crippen LogP contribution in [0.4, 0.5) is 13.2 Å². The number of hydrogen-bond acceptors (Lipinski definition) is 1. The molecule has 18 heavy (non-hydrogen) atoms. The zero-order valence-electron chi connectivity index (χ0n) is 10.8. The standard InChI is InChI=1S/C13H18F3NO/c1-8-4-9-10(17(8)7-13(14,15)16)5-12(2,3)6-11(9)18/h4,11,18H,5-7H2,1-3H3. The summed E-state index contributed by atoms with van der Waals surface area (Å²) in [5.74, 6) is 0. The molecular weight excluding hydrogens is 243 g/mol. The van der Waals surface area contributed by atoms with Gasteiger partial charge in [0.2, 0.25) is 0 Å². The fraction of sp³-hybridized carbons (Fsp3) is 0.692. The van der Waals surface area contributed by atoms with E-state index in [4.69, 9.17) is 0 Å². The van der Waals surface area contributed by atoms with Gasteiger partial charge in [-0.3, -0.25) is 0 Å². The van der Waals surface area contributed by atoms with Gasteiger partial charge in [-0.1, -0.05) is 13.8 Å². The van der Waals surface area contributed by atoms with Crippen molar-refractivity contribution in [1.82, 2.24) is 4.57 Å². The highest BCUT2D eigenvalue weighted by Gasteiger charge is 2.37. The summed E-state index contributed by atoms with van der Waals surface area (Å²) < 4.78 is 39.0. The normalized spacial score (nSPS) is 22.9. The highest BCUT2D eigenvalue weighted by atomic mass is 19.4. The van der Waals surface area contributed by atoms with Gasteiger partial charge in [-0.2, -0.15) is 13.2 Å². The molecule has 1 aromatic rings. The van der Waals surface area contributed by atoms with Gasteiger partial charge in [0.1, 0.15) is 6.54 Å². The number of nitrogens with zero attached hydrogens (tertiary/aromatic N) is 1. The number of halogens is 3. The second-order valence-electron chi connectivity index (χ2n) is 5.95. The van der Waals surface area contributed by atoms with E-state index in [9.17, 15) is 18.3 Å². The lowest BCUT2D eigenvalue weighted by Gasteiger charge is -2.34. The molecule has 0 aliphatic heterocycles. The fourth-order valence-electron chi connectivity index (χ4n) is 2.80. The smallest absolute Gasteiger partial charge is 0.388 e. The zero-order valence-corrected chi connectivity index (χ0v) is 10.8. The molecule has 1 atom stereocenters. The first kappa shape index (κ1) is 13.5. The summed E-state index contributed by atoms with van der Waals surface area (Å²) in [5, 5.41) is 10.0. The van der Waals surface area contributed by atoms with Crippen LogP contribution < -0.4 is 0 Å². The van der Waals surface area contributed by atoms with Crippen LogP contribution in [-0.2, 0) is 13.0 Å².